The van der Waals surface area contributed by atoms with E-state index in [0.29, 0.717) is 0 Å². The van der Waals surface area contributed by atoms with Crippen molar-refractivity contribution in [2.45, 2.75) is 40.0 Å². The molecular weight excluding hydrogens is 296 g/mol. The lowest BCUT2D eigenvalue weighted by Gasteiger charge is -2.18. The smallest absolute Gasteiger partial charge is 0.135 e. The summed E-state index contributed by atoms with van der Waals surface area (Å²) in [6.07, 6.45) is 3.01. The maximum atomic E-state index is 6.19. The van der Waals surface area contributed by atoms with Gasteiger partial charge in [0.1, 0.15) is 11.5 Å². The van der Waals surface area contributed by atoms with Gasteiger partial charge in [-0.1, -0.05) is 57.2 Å². The van der Waals surface area contributed by atoms with Gasteiger partial charge in [-0.2, -0.15) is 0 Å². The molecule has 126 valence electrons. The highest BCUT2D eigenvalue weighted by molar-refractivity contribution is 6.11. The SMILES string of the molecule is CCCOc1c2ccccc2c(OCCC)c2cc(CC)ccc12. The minimum atomic E-state index is 0.726. The fourth-order valence-electron chi connectivity index (χ4n) is 3.09. The Labute approximate surface area is 144 Å². The number of rotatable bonds is 7. The Morgan fingerprint density at radius 2 is 1.21 bits per heavy atom. The van der Waals surface area contributed by atoms with Crippen LogP contribution in [0, 0.1) is 0 Å². The fourth-order valence-corrected chi connectivity index (χ4v) is 3.09. The first-order chi connectivity index (χ1) is 11.8. The largest absolute Gasteiger partial charge is 0.492 e. The summed E-state index contributed by atoms with van der Waals surface area (Å²) >= 11 is 0. The monoisotopic (exact) mass is 322 g/mol. The zero-order valence-corrected chi connectivity index (χ0v) is 14.9. The number of benzene rings is 3. The second-order valence-corrected chi connectivity index (χ2v) is 6.13. The topological polar surface area (TPSA) is 18.5 Å². The van der Waals surface area contributed by atoms with E-state index >= 15 is 0 Å². The van der Waals surface area contributed by atoms with E-state index in [-0.39, 0.29) is 0 Å². The first-order valence-electron chi connectivity index (χ1n) is 9.03. The molecule has 0 saturated heterocycles. The van der Waals surface area contributed by atoms with Gasteiger partial charge in [-0.05, 0) is 30.9 Å². The molecule has 0 atom stereocenters. The van der Waals surface area contributed by atoms with Crippen molar-refractivity contribution in [3.05, 3.63) is 48.0 Å². The van der Waals surface area contributed by atoms with Gasteiger partial charge in [-0.25, -0.2) is 0 Å². The van der Waals surface area contributed by atoms with Crippen LogP contribution in [0.4, 0.5) is 0 Å². The van der Waals surface area contributed by atoms with Gasteiger partial charge in [-0.3, -0.25) is 0 Å². The van der Waals surface area contributed by atoms with Gasteiger partial charge in [0.15, 0.2) is 0 Å². The second kappa shape index (κ2) is 7.57. The van der Waals surface area contributed by atoms with Crippen molar-refractivity contribution in [3.63, 3.8) is 0 Å². The van der Waals surface area contributed by atoms with Crippen LogP contribution in [0.2, 0.25) is 0 Å². The molecule has 2 nitrogen and oxygen atoms in total. The summed E-state index contributed by atoms with van der Waals surface area (Å²) < 4.78 is 12.3. The first-order valence-corrected chi connectivity index (χ1v) is 9.03. The number of ether oxygens (including phenoxy) is 2. The molecule has 3 aromatic carbocycles. The zero-order chi connectivity index (χ0) is 16.9. The van der Waals surface area contributed by atoms with Crippen LogP contribution in [-0.4, -0.2) is 13.2 Å². The molecule has 0 N–H and O–H groups in total. The standard InChI is InChI=1S/C22H26O2/c1-4-13-23-21-17-9-7-8-10-18(17)22(24-14-5-2)20-15-16(6-3)11-12-19(20)21/h7-12,15H,4-6,13-14H2,1-3H3. The molecule has 0 aliphatic heterocycles. The molecule has 0 saturated carbocycles. The number of aryl methyl sites for hydroxylation is 1. The minimum Gasteiger partial charge on any atom is -0.492 e. The Kier molecular flexibility index (Phi) is 5.24. The molecule has 0 aliphatic carbocycles. The lowest BCUT2D eigenvalue weighted by Crippen LogP contribution is -2.01. The molecule has 0 aliphatic rings. The highest BCUT2D eigenvalue weighted by Gasteiger charge is 2.16. The van der Waals surface area contributed by atoms with Gasteiger partial charge in [0.2, 0.25) is 0 Å². The van der Waals surface area contributed by atoms with E-state index in [1.165, 1.54) is 5.56 Å². The van der Waals surface area contributed by atoms with E-state index in [2.05, 4.69) is 63.2 Å². The second-order valence-electron chi connectivity index (χ2n) is 6.13. The molecule has 0 bridgehead atoms. The molecule has 3 rings (SSSR count). The summed E-state index contributed by atoms with van der Waals surface area (Å²) in [5.41, 5.74) is 1.32. The van der Waals surface area contributed by atoms with Crippen LogP contribution in [-0.2, 0) is 6.42 Å². The van der Waals surface area contributed by atoms with Crippen LogP contribution in [0.5, 0.6) is 11.5 Å². The van der Waals surface area contributed by atoms with E-state index in [1.807, 2.05) is 0 Å². The molecule has 0 spiro atoms. The quantitative estimate of drug-likeness (QED) is 0.487. The summed E-state index contributed by atoms with van der Waals surface area (Å²) in [6, 6.07) is 15.0. The summed E-state index contributed by atoms with van der Waals surface area (Å²) in [6.45, 7) is 7.91. The highest BCUT2D eigenvalue weighted by Crippen LogP contribution is 2.43. The third kappa shape index (κ3) is 3.06. The first kappa shape index (κ1) is 16.6. The lowest BCUT2D eigenvalue weighted by atomic mass is 9.98. The molecule has 0 aromatic heterocycles. The Morgan fingerprint density at radius 3 is 1.75 bits per heavy atom. The number of fused-ring (bicyclic) bond motifs is 2. The summed E-state index contributed by atoms with van der Waals surface area (Å²) in [4.78, 5) is 0. The van der Waals surface area contributed by atoms with Crippen molar-refractivity contribution < 1.29 is 9.47 Å². The van der Waals surface area contributed by atoms with Crippen LogP contribution in [0.1, 0.15) is 39.2 Å². The van der Waals surface area contributed by atoms with E-state index in [1.54, 1.807) is 0 Å². The highest BCUT2D eigenvalue weighted by atomic mass is 16.5. The molecule has 0 unspecified atom stereocenters. The normalized spacial score (nSPS) is 11.1. The molecular formula is C22H26O2. The van der Waals surface area contributed by atoms with Crippen molar-refractivity contribution >= 4 is 21.5 Å². The summed E-state index contributed by atoms with van der Waals surface area (Å²) in [7, 11) is 0. The van der Waals surface area contributed by atoms with Gasteiger partial charge in [0.05, 0.1) is 13.2 Å². The van der Waals surface area contributed by atoms with Crippen molar-refractivity contribution in [1.29, 1.82) is 0 Å². The Bertz CT molecular complexity index is 836. The minimum absolute atomic E-state index is 0.726. The Balaban J connectivity index is 2.34. The van der Waals surface area contributed by atoms with Gasteiger partial charge in [0.25, 0.3) is 0 Å². The number of hydrogen-bond donors (Lipinski definition) is 0. The average molecular weight is 322 g/mol. The average Bonchev–Trinajstić information content (AvgIpc) is 2.64. The number of hydrogen-bond acceptors (Lipinski definition) is 2. The summed E-state index contributed by atoms with van der Waals surface area (Å²) in [5, 5.41) is 4.57. The maximum absolute atomic E-state index is 6.19. The van der Waals surface area contributed by atoms with Crippen molar-refractivity contribution in [2.75, 3.05) is 13.2 Å². The zero-order valence-electron chi connectivity index (χ0n) is 14.9. The molecule has 3 aromatic rings. The lowest BCUT2D eigenvalue weighted by molar-refractivity contribution is 0.319. The van der Waals surface area contributed by atoms with Crippen molar-refractivity contribution in [2.24, 2.45) is 0 Å². The molecule has 0 heterocycles. The third-order valence-corrected chi connectivity index (χ3v) is 4.30. The van der Waals surface area contributed by atoms with Gasteiger partial charge >= 0.3 is 0 Å². The third-order valence-electron chi connectivity index (χ3n) is 4.30. The van der Waals surface area contributed by atoms with E-state index < -0.39 is 0 Å². The van der Waals surface area contributed by atoms with Crippen LogP contribution in [0.3, 0.4) is 0 Å². The fraction of sp³-hybridized carbons (Fsp3) is 0.364. The molecule has 2 heteroatoms. The van der Waals surface area contributed by atoms with Crippen LogP contribution in [0.25, 0.3) is 21.5 Å². The van der Waals surface area contributed by atoms with E-state index in [4.69, 9.17) is 9.47 Å². The molecule has 0 fully saturated rings. The maximum Gasteiger partial charge on any atom is 0.135 e. The van der Waals surface area contributed by atoms with E-state index in [0.717, 1.165) is 65.5 Å². The van der Waals surface area contributed by atoms with Crippen molar-refractivity contribution in [1.82, 2.24) is 0 Å². The van der Waals surface area contributed by atoms with Gasteiger partial charge < -0.3 is 9.47 Å². The Hall–Kier alpha value is -2.22. The van der Waals surface area contributed by atoms with Crippen LogP contribution < -0.4 is 9.47 Å². The van der Waals surface area contributed by atoms with Crippen LogP contribution in [0.15, 0.2) is 42.5 Å². The van der Waals surface area contributed by atoms with Crippen LogP contribution >= 0.6 is 0 Å². The predicted octanol–water partition coefficient (Wildman–Crippen LogP) is 6.13. The van der Waals surface area contributed by atoms with Crippen molar-refractivity contribution in [3.8, 4) is 11.5 Å². The molecule has 24 heavy (non-hydrogen) atoms. The molecule has 0 amide bonds. The predicted molar refractivity (Wildman–Crippen MR) is 102 cm³/mol. The van der Waals surface area contributed by atoms with E-state index in [9.17, 15) is 0 Å². The molecule has 0 radical (unpaired) electrons. The Morgan fingerprint density at radius 1 is 0.667 bits per heavy atom. The van der Waals surface area contributed by atoms with Gasteiger partial charge in [0, 0.05) is 21.5 Å². The van der Waals surface area contributed by atoms with Gasteiger partial charge in [-0.15, -0.1) is 0 Å². The summed E-state index contributed by atoms with van der Waals surface area (Å²) in [5.74, 6) is 1.97.